The summed E-state index contributed by atoms with van der Waals surface area (Å²) in [5, 5.41) is 9.66. The minimum Gasteiger partial charge on any atom is -0.505 e. The number of rotatable bonds is 3. The van der Waals surface area contributed by atoms with Gasteiger partial charge >= 0.3 is 0 Å². The summed E-state index contributed by atoms with van der Waals surface area (Å²) in [5.41, 5.74) is 5.92. The first-order chi connectivity index (χ1) is 6.57. The quantitative estimate of drug-likeness (QED) is 0.762. The van der Waals surface area contributed by atoms with E-state index in [0.717, 1.165) is 6.07 Å². The van der Waals surface area contributed by atoms with Crippen molar-refractivity contribution < 1.29 is 9.50 Å². The average Bonchev–Trinajstić information content (AvgIpc) is 2.13. The summed E-state index contributed by atoms with van der Waals surface area (Å²) in [4.78, 5) is 0. The number of nitrogens with two attached hydrogens (primary N) is 1. The van der Waals surface area contributed by atoms with Crippen molar-refractivity contribution in [1.82, 2.24) is 0 Å². The number of hydrogen-bond acceptors (Lipinski definition) is 2. The summed E-state index contributed by atoms with van der Waals surface area (Å²) >= 11 is 5.79. The zero-order chi connectivity index (χ0) is 10.7. The van der Waals surface area contributed by atoms with Gasteiger partial charge in [0.25, 0.3) is 0 Å². The molecule has 4 heteroatoms. The Bertz CT molecular complexity index is 354. The fourth-order valence-corrected chi connectivity index (χ4v) is 1.50. The third kappa shape index (κ3) is 2.05. The Hall–Kier alpha value is -1.06. The first-order valence-corrected chi connectivity index (χ1v) is 4.49. The maximum absolute atomic E-state index is 13.0. The SMILES string of the molecule is C=CC[C@H](N)c1c(Cl)ccc(F)c1O. The van der Waals surface area contributed by atoms with Crippen LogP contribution in [0.1, 0.15) is 18.0 Å². The number of phenolic OH excluding ortho intramolecular Hbond substituents is 1. The van der Waals surface area contributed by atoms with Gasteiger partial charge in [0, 0.05) is 16.6 Å². The maximum Gasteiger partial charge on any atom is 0.165 e. The number of benzene rings is 1. The molecule has 14 heavy (non-hydrogen) atoms. The lowest BCUT2D eigenvalue weighted by Crippen LogP contribution is -2.10. The van der Waals surface area contributed by atoms with E-state index in [-0.39, 0.29) is 10.6 Å². The summed E-state index contributed by atoms with van der Waals surface area (Å²) in [6, 6.07) is 1.94. The van der Waals surface area contributed by atoms with Crippen molar-refractivity contribution in [3.8, 4) is 5.75 Å². The molecule has 0 radical (unpaired) electrons. The summed E-state index contributed by atoms with van der Waals surface area (Å²) in [5.74, 6) is -1.20. The summed E-state index contributed by atoms with van der Waals surface area (Å²) in [7, 11) is 0. The van der Waals surface area contributed by atoms with Gasteiger partial charge in [0.2, 0.25) is 0 Å². The van der Waals surface area contributed by atoms with Crippen molar-refractivity contribution in [1.29, 1.82) is 0 Å². The second kappa shape index (κ2) is 4.44. The molecule has 0 amide bonds. The van der Waals surface area contributed by atoms with Gasteiger partial charge in [-0.05, 0) is 18.6 Å². The van der Waals surface area contributed by atoms with E-state index in [2.05, 4.69) is 6.58 Å². The number of phenols is 1. The van der Waals surface area contributed by atoms with Crippen LogP contribution in [-0.4, -0.2) is 5.11 Å². The molecule has 0 spiro atoms. The molecule has 0 saturated heterocycles. The molecule has 0 aliphatic rings. The molecular weight excluding hydrogens is 205 g/mol. The smallest absolute Gasteiger partial charge is 0.165 e. The topological polar surface area (TPSA) is 46.2 Å². The van der Waals surface area contributed by atoms with Gasteiger partial charge < -0.3 is 10.8 Å². The Morgan fingerprint density at radius 2 is 2.29 bits per heavy atom. The molecular formula is C10H11ClFNO. The van der Waals surface area contributed by atoms with Crippen LogP contribution in [-0.2, 0) is 0 Å². The van der Waals surface area contributed by atoms with Gasteiger partial charge in [0.05, 0.1) is 0 Å². The molecule has 2 nitrogen and oxygen atoms in total. The zero-order valence-corrected chi connectivity index (χ0v) is 8.26. The highest BCUT2D eigenvalue weighted by Crippen LogP contribution is 2.33. The van der Waals surface area contributed by atoms with Crippen LogP contribution in [0, 0.1) is 5.82 Å². The van der Waals surface area contributed by atoms with E-state index in [1.165, 1.54) is 6.07 Å². The van der Waals surface area contributed by atoms with Crippen LogP contribution in [0.25, 0.3) is 0 Å². The molecule has 0 aromatic heterocycles. The Balaban J connectivity index is 3.17. The Kier molecular flexibility index (Phi) is 3.49. The molecule has 0 saturated carbocycles. The van der Waals surface area contributed by atoms with Crippen LogP contribution in [0.4, 0.5) is 4.39 Å². The summed E-state index contributed by atoms with van der Waals surface area (Å²) in [6.45, 7) is 3.51. The Morgan fingerprint density at radius 3 is 2.86 bits per heavy atom. The molecule has 1 aromatic rings. The van der Waals surface area contributed by atoms with E-state index < -0.39 is 17.6 Å². The monoisotopic (exact) mass is 215 g/mol. The van der Waals surface area contributed by atoms with Crippen molar-refractivity contribution in [3.63, 3.8) is 0 Å². The normalized spacial score (nSPS) is 12.5. The molecule has 76 valence electrons. The number of halogens is 2. The van der Waals surface area contributed by atoms with E-state index >= 15 is 0 Å². The van der Waals surface area contributed by atoms with Crippen molar-refractivity contribution >= 4 is 11.6 Å². The molecule has 0 unspecified atom stereocenters. The highest BCUT2D eigenvalue weighted by atomic mass is 35.5. The first kappa shape index (κ1) is 11.0. The van der Waals surface area contributed by atoms with Crippen LogP contribution < -0.4 is 5.73 Å². The lowest BCUT2D eigenvalue weighted by Gasteiger charge is -2.13. The predicted molar refractivity (Wildman–Crippen MR) is 54.8 cm³/mol. The molecule has 0 aliphatic carbocycles. The van der Waals surface area contributed by atoms with E-state index in [1.54, 1.807) is 6.08 Å². The molecule has 0 heterocycles. The molecule has 1 rings (SSSR count). The zero-order valence-electron chi connectivity index (χ0n) is 7.50. The van der Waals surface area contributed by atoms with Crippen LogP contribution >= 0.6 is 11.6 Å². The lowest BCUT2D eigenvalue weighted by atomic mass is 10.0. The second-order valence-corrected chi connectivity index (χ2v) is 3.33. The van der Waals surface area contributed by atoms with Crippen molar-refractivity contribution in [2.75, 3.05) is 0 Å². The minimum absolute atomic E-state index is 0.228. The Morgan fingerprint density at radius 1 is 1.64 bits per heavy atom. The van der Waals surface area contributed by atoms with Gasteiger partial charge in [-0.3, -0.25) is 0 Å². The third-order valence-corrected chi connectivity index (χ3v) is 2.24. The van der Waals surface area contributed by atoms with Crippen molar-refractivity contribution in [3.05, 3.63) is 41.2 Å². The van der Waals surface area contributed by atoms with Gasteiger partial charge in [0.1, 0.15) is 0 Å². The van der Waals surface area contributed by atoms with E-state index in [9.17, 15) is 9.50 Å². The van der Waals surface area contributed by atoms with Crippen molar-refractivity contribution in [2.24, 2.45) is 5.73 Å². The summed E-state index contributed by atoms with van der Waals surface area (Å²) in [6.07, 6.45) is 2.02. The van der Waals surface area contributed by atoms with Gasteiger partial charge in [0.15, 0.2) is 11.6 Å². The van der Waals surface area contributed by atoms with Crippen LogP contribution in [0.5, 0.6) is 5.75 Å². The third-order valence-electron chi connectivity index (χ3n) is 1.91. The fourth-order valence-electron chi connectivity index (χ4n) is 1.21. The van der Waals surface area contributed by atoms with Crippen LogP contribution in [0.2, 0.25) is 5.02 Å². The van der Waals surface area contributed by atoms with Crippen molar-refractivity contribution in [2.45, 2.75) is 12.5 Å². The molecule has 0 aliphatic heterocycles. The molecule has 1 aromatic carbocycles. The number of hydrogen-bond donors (Lipinski definition) is 2. The molecule has 1 atom stereocenters. The lowest BCUT2D eigenvalue weighted by molar-refractivity contribution is 0.421. The molecule has 3 N–H and O–H groups in total. The van der Waals surface area contributed by atoms with Gasteiger partial charge in [-0.25, -0.2) is 4.39 Å². The fraction of sp³-hybridized carbons (Fsp3) is 0.200. The van der Waals surface area contributed by atoms with E-state index in [4.69, 9.17) is 17.3 Å². The van der Waals surface area contributed by atoms with Gasteiger partial charge in [-0.15, -0.1) is 6.58 Å². The first-order valence-electron chi connectivity index (χ1n) is 4.11. The predicted octanol–water partition coefficient (Wildman–Crippen LogP) is 2.76. The molecule has 0 fully saturated rings. The second-order valence-electron chi connectivity index (χ2n) is 2.92. The highest BCUT2D eigenvalue weighted by Gasteiger charge is 2.16. The van der Waals surface area contributed by atoms with Gasteiger partial charge in [-0.2, -0.15) is 0 Å². The number of aromatic hydroxyl groups is 1. The highest BCUT2D eigenvalue weighted by molar-refractivity contribution is 6.31. The van der Waals surface area contributed by atoms with E-state index in [0.29, 0.717) is 6.42 Å². The minimum atomic E-state index is -0.719. The van der Waals surface area contributed by atoms with Crippen LogP contribution in [0.3, 0.4) is 0 Å². The average molecular weight is 216 g/mol. The van der Waals surface area contributed by atoms with Crippen LogP contribution in [0.15, 0.2) is 24.8 Å². The largest absolute Gasteiger partial charge is 0.505 e. The Labute approximate surface area is 86.8 Å². The summed E-state index contributed by atoms with van der Waals surface area (Å²) < 4.78 is 13.0. The van der Waals surface area contributed by atoms with E-state index in [1.807, 2.05) is 0 Å². The maximum atomic E-state index is 13.0. The van der Waals surface area contributed by atoms with Gasteiger partial charge in [-0.1, -0.05) is 17.7 Å². The molecule has 0 bridgehead atoms. The standard InChI is InChI=1S/C10H11ClFNO/c1-2-3-8(13)9-6(11)4-5-7(12)10(9)14/h2,4-5,8,14H,1,3,13H2/t8-/m0/s1.